The maximum atomic E-state index is 11.7. The summed E-state index contributed by atoms with van der Waals surface area (Å²) >= 11 is 5.99. The van der Waals surface area contributed by atoms with Gasteiger partial charge in [0.2, 0.25) is 5.91 Å². The quantitative estimate of drug-likeness (QED) is 0.568. The van der Waals surface area contributed by atoms with Gasteiger partial charge in [-0.05, 0) is 48.7 Å². The third-order valence-electron chi connectivity index (χ3n) is 5.71. The maximum Gasteiger partial charge on any atom is 0.217 e. The first kappa shape index (κ1) is 22.6. The summed E-state index contributed by atoms with van der Waals surface area (Å²) in [6.07, 6.45) is 1.65. The van der Waals surface area contributed by atoms with Crippen molar-refractivity contribution in [2.75, 3.05) is 13.1 Å². The molecule has 1 aliphatic heterocycles. The fourth-order valence-corrected chi connectivity index (χ4v) is 4.33. The van der Waals surface area contributed by atoms with Crippen LogP contribution in [0.1, 0.15) is 50.6 Å². The molecule has 7 nitrogen and oxygen atoms in total. The van der Waals surface area contributed by atoms with Gasteiger partial charge >= 0.3 is 0 Å². The molecule has 3 aromatic rings. The molecule has 0 radical (unpaired) electrons. The molecule has 2 aromatic heterocycles. The molecule has 1 amide bonds. The van der Waals surface area contributed by atoms with Crippen molar-refractivity contribution in [1.82, 2.24) is 25.0 Å². The molecule has 0 bridgehead atoms. The summed E-state index contributed by atoms with van der Waals surface area (Å²) in [6.45, 7) is 9.12. The van der Waals surface area contributed by atoms with Gasteiger partial charge in [-0.25, -0.2) is 0 Å². The summed E-state index contributed by atoms with van der Waals surface area (Å²) in [6, 6.07) is 11.6. The fraction of sp³-hybridized carbons (Fsp3) is 0.458. The maximum absolute atomic E-state index is 11.7. The molecule has 1 aromatic carbocycles. The number of carbonyl (C=O) groups excluding carboxylic acids is 1. The van der Waals surface area contributed by atoms with Crippen LogP contribution in [0.15, 0.2) is 40.8 Å². The Morgan fingerprint density at radius 3 is 2.62 bits per heavy atom. The number of amides is 1. The summed E-state index contributed by atoms with van der Waals surface area (Å²) in [7, 11) is 0. The van der Waals surface area contributed by atoms with Gasteiger partial charge in [0, 0.05) is 43.6 Å². The van der Waals surface area contributed by atoms with Gasteiger partial charge in [-0.15, -0.1) is 10.2 Å². The van der Waals surface area contributed by atoms with Crippen molar-refractivity contribution in [3.8, 4) is 11.3 Å². The first-order valence-corrected chi connectivity index (χ1v) is 11.5. The number of hydrogen-bond donors (Lipinski definition) is 1. The molecule has 170 valence electrons. The van der Waals surface area contributed by atoms with E-state index < -0.39 is 0 Å². The third kappa shape index (κ3) is 5.40. The Labute approximate surface area is 193 Å². The van der Waals surface area contributed by atoms with Gasteiger partial charge in [0.25, 0.3) is 0 Å². The second-order valence-corrected chi connectivity index (χ2v) is 9.24. The van der Waals surface area contributed by atoms with Gasteiger partial charge in [-0.2, -0.15) is 0 Å². The van der Waals surface area contributed by atoms with E-state index in [0.717, 1.165) is 67.8 Å². The van der Waals surface area contributed by atoms with Gasteiger partial charge in [0.15, 0.2) is 5.82 Å². The molecule has 0 saturated heterocycles. The molecule has 3 heterocycles. The van der Waals surface area contributed by atoms with Gasteiger partial charge in [0.1, 0.15) is 17.3 Å². The predicted molar refractivity (Wildman–Crippen MR) is 124 cm³/mol. The Morgan fingerprint density at radius 1 is 1.12 bits per heavy atom. The highest BCUT2D eigenvalue weighted by molar-refractivity contribution is 6.30. The number of aromatic nitrogens is 3. The molecule has 32 heavy (non-hydrogen) atoms. The molecule has 1 atom stereocenters. The molecule has 0 aliphatic carbocycles. The average Bonchev–Trinajstić information content (AvgIpc) is 3.31. The Hall–Kier alpha value is -2.64. The number of nitrogens with one attached hydrogen (secondary N) is 1. The van der Waals surface area contributed by atoms with E-state index in [0.29, 0.717) is 10.9 Å². The van der Waals surface area contributed by atoms with E-state index in [9.17, 15) is 4.79 Å². The number of furan rings is 1. The largest absolute Gasteiger partial charge is 0.460 e. The summed E-state index contributed by atoms with van der Waals surface area (Å²) in [5, 5.41) is 12.7. The second-order valence-electron chi connectivity index (χ2n) is 8.81. The molecule has 4 rings (SSSR count). The van der Waals surface area contributed by atoms with Crippen LogP contribution < -0.4 is 5.32 Å². The predicted octanol–water partition coefficient (Wildman–Crippen LogP) is 4.47. The third-order valence-corrected chi connectivity index (χ3v) is 5.97. The summed E-state index contributed by atoms with van der Waals surface area (Å²) in [4.78, 5) is 14.1. The Morgan fingerprint density at radius 2 is 1.91 bits per heavy atom. The SMILES string of the molecule is CC(=O)N[C@@H](CC(C)C)c1nnc2n1CCN(Cc1ccc(-c3ccc(Cl)cc3)o1)CC2. The van der Waals surface area contributed by atoms with Gasteiger partial charge in [-0.3, -0.25) is 9.69 Å². The van der Waals surface area contributed by atoms with Crippen molar-refractivity contribution in [1.29, 1.82) is 0 Å². The van der Waals surface area contributed by atoms with Crippen molar-refractivity contribution >= 4 is 17.5 Å². The zero-order chi connectivity index (χ0) is 22.7. The van der Waals surface area contributed by atoms with Gasteiger partial charge in [0.05, 0.1) is 12.6 Å². The van der Waals surface area contributed by atoms with Crippen LogP contribution in [-0.2, 0) is 24.3 Å². The molecule has 8 heteroatoms. The first-order valence-electron chi connectivity index (χ1n) is 11.1. The van der Waals surface area contributed by atoms with Crippen LogP contribution in [0.5, 0.6) is 0 Å². The zero-order valence-electron chi connectivity index (χ0n) is 18.8. The number of rotatable bonds is 7. The average molecular weight is 456 g/mol. The highest BCUT2D eigenvalue weighted by Gasteiger charge is 2.25. The van der Waals surface area contributed by atoms with Crippen LogP contribution >= 0.6 is 11.6 Å². The van der Waals surface area contributed by atoms with E-state index in [2.05, 4.69) is 38.8 Å². The van der Waals surface area contributed by atoms with E-state index in [1.54, 1.807) is 6.92 Å². The van der Waals surface area contributed by atoms with Crippen molar-refractivity contribution in [2.24, 2.45) is 5.92 Å². The monoisotopic (exact) mass is 455 g/mol. The smallest absolute Gasteiger partial charge is 0.217 e. The summed E-state index contributed by atoms with van der Waals surface area (Å²) in [5.41, 5.74) is 1.02. The van der Waals surface area contributed by atoms with Gasteiger partial charge in [-0.1, -0.05) is 25.4 Å². The summed E-state index contributed by atoms with van der Waals surface area (Å²) in [5.74, 6) is 4.01. The van der Waals surface area contributed by atoms with E-state index in [1.165, 1.54) is 0 Å². The lowest BCUT2D eigenvalue weighted by Crippen LogP contribution is -2.31. The fourth-order valence-electron chi connectivity index (χ4n) is 4.20. The molecule has 0 spiro atoms. The normalized spacial score (nSPS) is 15.4. The number of halogens is 1. The number of benzene rings is 1. The highest BCUT2D eigenvalue weighted by atomic mass is 35.5. The van der Waals surface area contributed by atoms with E-state index in [4.69, 9.17) is 16.0 Å². The lowest BCUT2D eigenvalue weighted by atomic mass is 10.0. The lowest BCUT2D eigenvalue weighted by molar-refractivity contribution is -0.119. The molecule has 0 unspecified atom stereocenters. The van der Waals surface area contributed by atoms with E-state index in [1.807, 2.05) is 36.4 Å². The Balaban J connectivity index is 1.43. The minimum atomic E-state index is -0.118. The summed E-state index contributed by atoms with van der Waals surface area (Å²) < 4.78 is 8.28. The molecule has 1 N–H and O–H groups in total. The first-order chi connectivity index (χ1) is 15.4. The van der Waals surface area contributed by atoms with E-state index in [-0.39, 0.29) is 11.9 Å². The lowest BCUT2D eigenvalue weighted by Gasteiger charge is -2.21. The van der Waals surface area contributed by atoms with Crippen LogP contribution in [0.3, 0.4) is 0 Å². The van der Waals surface area contributed by atoms with Crippen molar-refractivity contribution in [3.05, 3.63) is 58.8 Å². The highest BCUT2D eigenvalue weighted by Crippen LogP contribution is 2.26. The number of nitrogens with zero attached hydrogens (tertiary/aromatic N) is 4. The van der Waals surface area contributed by atoms with Crippen LogP contribution in [0.4, 0.5) is 0 Å². The number of hydrogen-bond acceptors (Lipinski definition) is 5. The van der Waals surface area contributed by atoms with Crippen LogP contribution in [0.25, 0.3) is 11.3 Å². The molecule has 0 saturated carbocycles. The van der Waals surface area contributed by atoms with E-state index >= 15 is 0 Å². The Bertz CT molecular complexity index is 1060. The number of carbonyl (C=O) groups is 1. The number of fused-ring (bicyclic) bond motifs is 1. The Kier molecular flexibility index (Phi) is 6.96. The minimum absolute atomic E-state index is 0.0439. The molecular weight excluding hydrogens is 426 g/mol. The second kappa shape index (κ2) is 9.88. The standard InChI is InChI=1S/C24H30ClN5O2/c1-16(2)14-21(26-17(3)31)24-28-27-23-10-11-29(12-13-30(23)24)15-20-8-9-22(32-20)18-4-6-19(25)7-5-18/h4-9,16,21H,10-15H2,1-3H3,(H,26,31)/t21-/m0/s1. The molecular formula is C24H30ClN5O2. The molecule has 1 aliphatic rings. The van der Waals surface area contributed by atoms with Crippen LogP contribution in [0, 0.1) is 5.92 Å². The van der Waals surface area contributed by atoms with Crippen molar-refractivity contribution < 1.29 is 9.21 Å². The minimum Gasteiger partial charge on any atom is -0.460 e. The molecule has 0 fully saturated rings. The zero-order valence-corrected chi connectivity index (χ0v) is 19.6. The van der Waals surface area contributed by atoms with Crippen LogP contribution in [0.2, 0.25) is 5.02 Å². The van der Waals surface area contributed by atoms with Crippen LogP contribution in [-0.4, -0.2) is 38.7 Å². The van der Waals surface area contributed by atoms with Crippen molar-refractivity contribution in [2.45, 2.75) is 52.7 Å². The topological polar surface area (TPSA) is 76.2 Å². The van der Waals surface area contributed by atoms with Gasteiger partial charge < -0.3 is 14.3 Å². The van der Waals surface area contributed by atoms with Crippen molar-refractivity contribution in [3.63, 3.8) is 0 Å².